The van der Waals surface area contributed by atoms with Gasteiger partial charge in [0.2, 0.25) is 6.29 Å². The molecule has 6 heteroatoms. The lowest BCUT2D eigenvalue weighted by atomic mass is 10.00. The molecule has 0 saturated carbocycles. The summed E-state index contributed by atoms with van der Waals surface area (Å²) in [7, 11) is 0. The zero-order valence-corrected chi connectivity index (χ0v) is 9.93. The monoisotopic (exact) mass is 255 g/mol. The summed E-state index contributed by atoms with van der Waals surface area (Å²) in [6, 6.07) is 6.57. The molecule has 1 aliphatic heterocycles. The van der Waals surface area contributed by atoms with Gasteiger partial charge in [0.05, 0.1) is 6.10 Å². The summed E-state index contributed by atoms with van der Waals surface area (Å²) in [5.74, 6) is 0.462. The van der Waals surface area contributed by atoms with Crippen molar-refractivity contribution in [2.45, 2.75) is 37.6 Å². The molecule has 1 aliphatic rings. The Labute approximate surface area is 105 Å². The minimum Gasteiger partial charge on any atom is -0.462 e. The first-order valence-electron chi connectivity index (χ1n) is 5.71. The van der Waals surface area contributed by atoms with Crippen LogP contribution in [0.2, 0.25) is 0 Å². The van der Waals surface area contributed by atoms with Crippen molar-refractivity contribution < 1.29 is 24.8 Å². The number of hydrogen-bond donors (Lipinski definition) is 4. The van der Waals surface area contributed by atoms with Gasteiger partial charge in [-0.3, -0.25) is 0 Å². The average molecular weight is 255 g/mol. The standard InChI is InChI=1S/C12H17NO5/c1-6-9(14)10(15)11(16)12(17-6)18-8-4-2-7(13)3-5-8/h2-6,9-12,14-16H,13H2,1H3/t6-,9-,10+,11+,12+/m0/s1. The molecule has 1 saturated heterocycles. The normalized spacial score (nSPS) is 36.3. The lowest BCUT2D eigenvalue weighted by Crippen LogP contribution is -2.58. The zero-order chi connectivity index (χ0) is 13.3. The highest BCUT2D eigenvalue weighted by Gasteiger charge is 2.43. The number of benzene rings is 1. The molecule has 5 N–H and O–H groups in total. The first kappa shape index (κ1) is 13.1. The molecule has 0 bridgehead atoms. The van der Waals surface area contributed by atoms with Crippen molar-refractivity contribution in [2.75, 3.05) is 5.73 Å². The third-order valence-corrected chi connectivity index (χ3v) is 2.94. The molecule has 100 valence electrons. The van der Waals surface area contributed by atoms with Gasteiger partial charge in [-0.05, 0) is 31.2 Å². The quantitative estimate of drug-likeness (QED) is 0.530. The summed E-state index contributed by atoms with van der Waals surface area (Å²) >= 11 is 0. The average Bonchev–Trinajstić information content (AvgIpc) is 2.36. The van der Waals surface area contributed by atoms with Gasteiger partial charge in [-0.15, -0.1) is 0 Å². The Balaban J connectivity index is 2.06. The van der Waals surface area contributed by atoms with Crippen molar-refractivity contribution in [3.63, 3.8) is 0 Å². The van der Waals surface area contributed by atoms with Crippen molar-refractivity contribution in [1.29, 1.82) is 0 Å². The zero-order valence-electron chi connectivity index (χ0n) is 9.93. The van der Waals surface area contributed by atoms with E-state index in [1.54, 1.807) is 31.2 Å². The van der Waals surface area contributed by atoms with Crippen LogP contribution in [-0.2, 0) is 4.74 Å². The third-order valence-electron chi connectivity index (χ3n) is 2.94. The number of ether oxygens (including phenoxy) is 2. The summed E-state index contributed by atoms with van der Waals surface area (Å²) in [5.41, 5.74) is 6.13. The van der Waals surface area contributed by atoms with Crippen molar-refractivity contribution >= 4 is 5.69 Å². The highest BCUT2D eigenvalue weighted by atomic mass is 16.7. The highest BCUT2D eigenvalue weighted by Crippen LogP contribution is 2.24. The highest BCUT2D eigenvalue weighted by molar-refractivity contribution is 5.41. The van der Waals surface area contributed by atoms with Crippen molar-refractivity contribution in [2.24, 2.45) is 0 Å². The van der Waals surface area contributed by atoms with E-state index >= 15 is 0 Å². The number of nitrogens with two attached hydrogens (primary N) is 1. The Morgan fingerprint density at radius 3 is 2.28 bits per heavy atom. The summed E-state index contributed by atoms with van der Waals surface area (Å²) in [6.45, 7) is 1.60. The van der Waals surface area contributed by atoms with E-state index in [4.69, 9.17) is 15.2 Å². The van der Waals surface area contributed by atoms with Gasteiger partial charge in [-0.1, -0.05) is 0 Å². The summed E-state index contributed by atoms with van der Waals surface area (Å²) in [5, 5.41) is 28.9. The molecule has 0 radical (unpaired) electrons. The van der Waals surface area contributed by atoms with Gasteiger partial charge < -0.3 is 30.5 Å². The fraction of sp³-hybridized carbons (Fsp3) is 0.500. The van der Waals surface area contributed by atoms with Crippen LogP contribution >= 0.6 is 0 Å². The molecule has 0 aliphatic carbocycles. The van der Waals surface area contributed by atoms with Gasteiger partial charge in [-0.2, -0.15) is 0 Å². The van der Waals surface area contributed by atoms with Gasteiger partial charge in [0, 0.05) is 5.69 Å². The van der Waals surface area contributed by atoms with Crippen LogP contribution in [0.5, 0.6) is 5.75 Å². The molecule has 1 heterocycles. The van der Waals surface area contributed by atoms with Crippen LogP contribution in [0.4, 0.5) is 5.69 Å². The molecule has 2 rings (SSSR count). The second kappa shape index (κ2) is 5.11. The molecule has 1 fully saturated rings. The fourth-order valence-corrected chi connectivity index (χ4v) is 1.79. The Bertz CT molecular complexity index is 396. The number of hydrogen-bond acceptors (Lipinski definition) is 6. The van der Waals surface area contributed by atoms with E-state index in [0.717, 1.165) is 0 Å². The number of nitrogen functional groups attached to an aromatic ring is 1. The molecule has 0 aromatic heterocycles. The van der Waals surface area contributed by atoms with Crippen LogP contribution in [0.3, 0.4) is 0 Å². The Hall–Kier alpha value is -1.34. The van der Waals surface area contributed by atoms with Gasteiger partial charge >= 0.3 is 0 Å². The molecule has 1 aromatic carbocycles. The lowest BCUT2D eigenvalue weighted by Gasteiger charge is -2.38. The molecule has 0 spiro atoms. The van der Waals surface area contributed by atoms with Crippen LogP contribution in [0.1, 0.15) is 6.92 Å². The van der Waals surface area contributed by atoms with E-state index in [-0.39, 0.29) is 0 Å². The predicted molar refractivity (Wildman–Crippen MR) is 63.8 cm³/mol. The van der Waals surface area contributed by atoms with E-state index in [1.165, 1.54) is 0 Å². The van der Waals surface area contributed by atoms with Crippen molar-refractivity contribution in [1.82, 2.24) is 0 Å². The van der Waals surface area contributed by atoms with E-state index in [2.05, 4.69) is 0 Å². The summed E-state index contributed by atoms with van der Waals surface area (Å²) in [4.78, 5) is 0. The first-order chi connectivity index (χ1) is 8.49. The van der Waals surface area contributed by atoms with Crippen LogP contribution < -0.4 is 10.5 Å². The van der Waals surface area contributed by atoms with E-state index < -0.39 is 30.7 Å². The van der Waals surface area contributed by atoms with Crippen molar-refractivity contribution in [3.05, 3.63) is 24.3 Å². The number of anilines is 1. The lowest BCUT2D eigenvalue weighted by molar-refractivity contribution is -0.268. The van der Waals surface area contributed by atoms with Gasteiger partial charge in [0.1, 0.15) is 24.1 Å². The Morgan fingerprint density at radius 2 is 1.67 bits per heavy atom. The van der Waals surface area contributed by atoms with E-state index in [1.807, 2.05) is 0 Å². The smallest absolute Gasteiger partial charge is 0.229 e. The molecule has 0 unspecified atom stereocenters. The van der Waals surface area contributed by atoms with Crippen LogP contribution in [0.25, 0.3) is 0 Å². The summed E-state index contributed by atoms with van der Waals surface area (Å²) < 4.78 is 10.7. The minimum absolute atomic E-state index is 0.462. The Morgan fingerprint density at radius 1 is 1.06 bits per heavy atom. The van der Waals surface area contributed by atoms with E-state index in [0.29, 0.717) is 11.4 Å². The fourth-order valence-electron chi connectivity index (χ4n) is 1.79. The van der Waals surface area contributed by atoms with Gasteiger partial charge in [0.25, 0.3) is 0 Å². The molecule has 18 heavy (non-hydrogen) atoms. The third kappa shape index (κ3) is 2.56. The number of aliphatic hydroxyl groups excluding tert-OH is 3. The number of aliphatic hydroxyl groups is 3. The SMILES string of the molecule is C[C@@H]1O[C@H](Oc2ccc(N)cc2)[C@H](O)[C@H](O)[C@H]1O. The van der Waals surface area contributed by atoms with Crippen LogP contribution in [0.15, 0.2) is 24.3 Å². The largest absolute Gasteiger partial charge is 0.462 e. The van der Waals surface area contributed by atoms with E-state index in [9.17, 15) is 15.3 Å². The minimum atomic E-state index is -1.31. The topological polar surface area (TPSA) is 105 Å². The summed E-state index contributed by atoms with van der Waals surface area (Å²) in [6.07, 6.45) is -5.39. The maximum Gasteiger partial charge on any atom is 0.229 e. The Kier molecular flexibility index (Phi) is 3.72. The van der Waals surface area contributed by atoms with Crippen LogP contribution in [0, 0.1) is 0 Å². The van der Waals surface area contributed by atoms with Gasteiger partial charge in [-0.25, -0.2) is 0 Å². The molecule has 0 amide bonds. The maximum absolute atomic E-state index is 9.76. The maximum atomic E-state index is 9.76. The molecular formula is C12H17NO5. The van der Waals surface area contributed by atoms with Crippen LogP contribution in [-0.4, -0.2) is 46.0 Å². The number of rotatable bonds is 2. The second-order valence-electron chi connectivity index (χ2n) is 4.37. The molecular weight excluding hydrogens is 238 g/mol. The second-order valence-corrected chi connectivity index (χ2v) is 4.37. The first-order valence-corrected chi connectivity index (χ1v) is 5.71. The predicted octanol–water partition coefficient (Wildman–Crippen LogP) is -0.525. The molecule has 5 atom stereocenters. The van der Waals surface area contributed by atoms with Crippen molar-refractivity contribution in [3.8, 4) is 5.75 Å². The molecule has 6 nitrogen and oxygen atoms in total. The molecule has 1 aromatic rings. The van der Waals surface area contributed by atoms with Gasteiger partial charge in [0.15, 0.2) is 0 Å².